The summed E-state index contributed by atoms with van der Waals surface area (Å²) >= 11 is 0. The minimum Gasteiger partial charge on any atom is -0.326 e. The van der Waals surface area contributed by atoms with Crippen LogP contribution >= 0.6 is 0 Å². The average molecular weight is 331 g/mol. The van der Waals surface area contributed by atoms with Gasteiger partial charge in [0, 0.05) is 11.7 Å². The second-order valence-electron chi connectivity index (χ2n) is 9.39. The summed E-state index contributed by atoms with van der Waals surface area (Å²) in [4.78, 5) is 12.9. The summed E-state index contributed by atoms with van der Waals surface area (Å²) in [5.74, 6) is 0.207. The van der Waals surface area contributed by atoms with E-state index >= 15 is 0 Å². The first-order valence-corrected chi connectivity index (χ1v) is 9.21. The fourth-order valence-electron chi connectivity index (χ4n) is 3.44. The molecule has 1 amide bonds. The van der Waals surface area contributed by atoms with Crippen LogP contribution < -0.4 is 10.6 Å². The SMILES string of the molecule is CC(C)(C)C[C@@H]1NCCCC1C(=O)Nc1cccc(C(C)(C)C)c1. The molecule has 0 aromatic heterocycles. The number of nitrogens with one attached hydrogen (secondary N) is 2. The van der Waals surface area contributed by atoms with Gasteiger partial charge in [0.2, 0.25) is 5.91 Å². The second kappa shape index (κ2) is 7.26. The molecule has 0 spiro atoms. The molecule has 0 aliphatic carbocycles. The predicted molar refractivity (Wildman–Crippen MR) is 102 cm³/mol. The molecule has 134 valence electrons. The van der Waals surface area contributed by atoms with Gasteiger partial charge in [0.25, 0.3) is 0 Å². The topological polar surface area (TPSA) is 41.1 Å². The monoisotopic (exact) mass is 330 g/mol. The van der Waals surface area contributed by atoms with E-state index in [1.165, 1.54) is 5.56 Å². The van der Waals surface area contributed by atoms with E-state index in [0.29, 0.717) is 0 Å². The van der Waals surface area contributed by atoms with Gasteiger partial charge in [-0.05, 0) is 54.3 Å². The molecule has 1 unspecified atom stereocenters. The van der Waals surface area contributed by atoms with Crippen LogP contribution in [0.3, 0.4) is 0 Å². The summed E-state index contributed by atoms with van der Waals surface area (Å²) < 4.78 is 0. The molecule has 1 heterocycles. The molecule has 2 atom stereocenters. The Hall–Kier alpha value is -1.35. The number of benzene rings is 1. The first-order chi connectivity index (χ1) is 11.1. The summed E-state index contributed by atoms with van der Waals surface area (Å²) in [5, 5.41) is 6.73. The third kappa shape index (κ3) is 5.34. The number of hydrogen-bond acceptors (Lipinski definition) is 2. The van der Waals surface area contributed by atoms with Crippen LogP contribution in [0, 0.1) is 11.3 Å². The van der Waals surface area contributed by atoms with Crippen molar-refractivity contribution in [1.82, 2.24) is 5.32 Å². The van der Waals surface area contributed by atoms with Crippen molar-refractivity contribution >= 4 is 11.6 Å². The minimum absolute atomic E-state index is 0.0521. The molecule has 3 nitrogen and oxygen atoms in total. The molecular weight excluding hydrogens is 296 g/mol. The van der Waals surface area contributed by atoms with Gasteiger partial charge in [-0.3, -0.25) is 4.79 Å². The van der Waals surface area contributed by atoms with Crippen molar-refractivity contribution in [2.75, 3.05) is 11.9 Å². The van der Waals surface area contributed by atoms with E-state index in [9.17, 15) is 4.79 Å². The zero-order valence-corrected chi connectivity index (χ0v) is 16.2. The van der Waals surface area contributed by atoms with Gasteiger partial charge >= 0.3 is 0 Å². The highest BCUT2D eigenvalue weighted by Gasteiger charge is 2.33. The van der Waals surface area contributed by atoms with Crippen molar-refractivity contribution in [2.45, 2.75) is 72.3 Å². The maximum absolute atomic E-state index is 12.9. The van der Waals surface area contributed by atoms with Crippen LogP contribution in [0.4, 0.5) is 5.69 Å². The van der Waals surface area contributed by atoms with Crippen LogP contribution in [0.1, 0.15) is 66.4 Å². The Morgan fingerprint density at radius 2 is 1.92 bits per heavy atom. The van der Waals surface area contributed by atoms with E-state index in [1.54, 1.807) is 0 Å². The highest BCUT2D eigenvalue weighted by molar-refractivity contribution is 5.93. The fourth-order valence-corrected chi connectivity index (χ4v) is 3.44. The number of hydrogen-bond donors (Lipinski definition) is 2. The van der Waals surface area contributed by atoms with E-state index in [4.69, 9.17) is 0 Å². The quantitative estimate of drug-likeness (QED) is 0.841. The highest BCUT2D eigenvalue weighted by atomic mass is 16.1. The van der Waals surface area contributed by atoms with E-state index < -0.39 is 0 Å². The highest BCUT2D eigenvalue weighted by Crippen LogP contribution is 2.30. The van der Waals surface area contributed by atoms with Crippen molar-refractivity contribution < 1.29 is 4.79 Å². The Morgan fingerprint density at radius 1 is 1.21 bits per heavy atom. The zero-order valence-electron chi connectivity index (χ0n) is 16.2. The number of piperidine rings is 1. The maximum Gasteiger partial charge on any atom is 0.229 e. The van der Waals surface area contributed by atoms with Crippen LogP contribution in [0.15, 0.2) is 24.3 Å². The van der Waals surface area contributed by atoms with Gasteiger partial charge in [-0.2, -0.15) is 0 Å². The Bertz CT molecular complexity index is 566. The molecule has 1 aromatic carbocycles. The molecule has 0 radical (unpaired) electrons. The molecular formula is C21H34N2O. The first kappa shape index (κ1) is 19.0. The van der Waals surface area contributed by atoms with Gasteiger partial charge in [-0.25, -0.2) is 0 Å². The Morgan fingerprint density at radius 3 is 2.54 bits per heavy atom. The van der Waals surface area contributed by atoms with Gasteiger partial charge in [-0.1, -0.05) is 53.7 Å². The van der Waals surface area contributed by atoms with Crippen LogP contribution in [-0.2, 0) is 10.2 Å². The number of anilines is 1. The number of amides is 1. The molecule has 2 N–H and O–H groups in total. The Labute approximate surface area is 147 Å². The molecule has 1 fully saturated rings. The van der Waals surface area contributed by atoms with Crippen LogP contribution in [0.5, 0.6) is 0 Å². The van der Waals surface area contributed by atoms with Gasteiger partial charge < -0.3 is 10.6 Å². The van der Waals surface area contributed by atoms with Crippen LogP contribution in [0.2, 0.25) is 0 Å². The first-order valence-electron chi connectivity index (χ1n) is 9.21. The standard InChI is InChI=1S/C21H34N2O/c1-20(2,3)14-18-17(11-8-12-22-18)19(24)23-16-10-7-9-15(13-16)21(4,5)6/h7,9-10,13,17-18,22H,8,11-12,14H2,1-6H3,(H,23,24)/t17?,18-/m0/s1. The van der Waals surface area contributed by atoms with Crippen molar-refractivity contribution in [1.29, 1.82) is 0 Å². The number of rotatable bonds is 3. The van der Waals surface area contributed by atoms with Crippen molar-refractivity contribution in [3.8, 4) is 0 Å². The lowest BCUT2D eigenvalue weighted by atomic mass is 9.79. The van der Waals surface area contributed by atoms with Crippen molar-refractivity contribution in [3.63, 3.8) is 0 Å². The maximum atomic E-state index is 12.9. The van der Waals surface area contributed by atoms with Gasteiger partial charge in [0.05, 0.1) is 5.92 Å². The predicted octanol–water partition coefficient (Wildman–Crippen LogP) is 4.73. The summed E-state index contributed by atoms with van der Waals surface area (Å²) in [6.45, 7) is 14.3. The number of carbonyl (C=O) groups excluding carboxylic acids is 1. The van der Waals surface area contributed by atoms with Crippen molar-refractivity contribution in [3.05, 3.63) is 29.8 Å². The molecule has 0 saturated carbocycles. The average Bonchev–Trinajstić information content (AvgIpc) is 2.45. The molecule has 1 aromatic rings. The lowest BCUT2D eigenvalue weighted by Gasteiger charge is -2.35. The summed E-state index contributed by atoms with van der Waals surface area (Å²) in [6, 6.07) is 8.52. The minimum atomic E-state index is 0.0521. The normalized spacial score (nSPS) is 22.2. The van der Waals surface area contributed by atoms with E-state index in [-0.39, 0.29) is 28.7 Å². The molecule has 0 bridgehead atoms. The third-order valence-corrected chi connectivity index (χ3v) is 4.75. The van der Waals surface area contributed by atoms with Gasteiger partial charge in [0.1, 0.15) is 0 Å². The molecule has 2 rings (SSSR count). The van der Waals surface area contributed by atoms with Gasteiger partial charge in [-0.15, -0.1) is 0 Å². The smallest absolute Gasteiger partial charge is 0.229 e. The third-order valence-electron chi connectivity index (χ3n) is 4.75. The fraction of sp³-hybridized carbons (Fsp3) is 0.667. The molecule has 3 heteroatoms. The second-order valence-corrected chi connectivity index (χ2v) is 9.39. The summed E-state index contributed by atoms with van der Waals surface area (Å²) in [6.07, 6.45) is 3.06. The van der Waals surface area contributed by atoms with Crippen LogP contribution in [0.25, 0.3) is 0 Å². The van der Waals surface area contributed by atoms with Crippen LogP contribution in [-0.4, -0.2) is 18.5 Å². The number of carbonyl (C=O) groups is 1. The largest absolute Gasteiger partial charge is 0.326 e. The molecule has 1 aliphatic rings. The lowest BCUT2D eigenvalue weighted by Crippen LogP contribution is -2.48. The summed E-state index contributed by atoms with van der Waals surface area (Å²) in [5.41, 5.74) is 2.46. The Balaban J connectivity index is 2.10. The van der Waals surface area contributed by atoms with E-state index in [0.717, 1.165) is 31.5 Å². The van der Waals surface area contributed by atoms with Gasteiger partial charge in [0.15, 0.2) is 0 Å². The molecule has 24 heavy (non-hydrogen) atoms. The lowest BCUT2D eigenvalue weighted by molar-refractivity contribution is -0.121. The van der Waals surface area contributed by atoms with E-state index in [2.05, 4.69) is 64.3 Å². The van der Waals surface area contributed by atoms with Crippen molar-refractivity contribution in [2.24, 2.45) is 11.3 Å². The summed E-state index contributed by atoms with van der Waals surface area (Å²) in [7, 11) is 0. The molecule has 1 saturated heterocycles. The Kier molecular flexibility index (Phi) is 5.74. The zero-order chi connectivity index (χ0) is 18.0. The molecule has 1 aliphatic heterocycles. The van der Waals surface area contributed by atoms with E-state index in [1.807, 2.05) is 12.1 Å².